The molecule has 2 aromatic rings. The summed E-state index contributed by atoms with van der Waals surface area (Å²) in [5.74, 6) is -0.282. The Morgan fingerprint density at radius 1 is 1.24 bits per heavy atom. The molecular formula is C15H15BrFN3O. The van der Waals surface area contributed by atoms with E-state index in [4.69, 9.17) is 5.73 Å². The summed E-state index contributed by atoms with van der Waals surface area (Å²) in [6, 6.07) is 11.2. The summed E-state index contributed by atoms with van der Waals surface area (Å²) >= 11 is 3.23. The van der Waals surface area contributed by atoms with Crippen molar-refractivity contribution in [3.63, 3.8) is 0 Å². The average molecular weight is 352 g/mol. The van der Waals surface area contributed by atoms with Gasteiger partial charge in [0.05, 0.1) is 6.04 Å². The van der Waals surface area contributed by atoms with Crippen LogP contribution in [0, 0.1) is 5.82 Å². The zero-order valence-corrected chi connectivity index (χ0v) is 12.9. The maximum Gasteiger partial charge on any atom is 0.316 e. The first kappa shape index (κ1) is 15.3. The molecule has 4 nitrogen and oxygen atoms in total. The van der Waals surface area contributed by atoms with Crippen LogP contribution >= 0.6 is 15.9 Å². The highest BCUT2D eigenvalue weighted by Crippen LogP contribution is 2.25. The monoisotopic (exact) mass is 351 g/mol. The van der Waals surface area contributed by atoms with E-state index >= 15 is 0 Å². The van der Waals surface area contributed by atoms with E-state index in [-0.39, 0.29) is 11.9 Å². The highest BCUT2D eigenvalue weighted by molar-refractivity contribution is 9.10. The number of hydrogen-bond acceptors (Lipinski definition) is 2. The third kappa shape index (κ3) is 4.19. The summed E-state index contributed by atoms with van der Waals surface area (Å²) in [6.45, 7) is 1.86. The van der Waals surface area contributed by atoms with Gasteiger partial charge in [0.25, 0.3) is 0 Å². The zero-order chi connectivity index (χ0) is 15.4. The van der Waals surface area contributed by atoms with Crippen LogP contribution in [0.3, 0.4) is 0 Å². The molecule has 0 bridgehead atoms. The van der Waals surface area contributed by atoms with Crippen molar-refractivity contribution in [1.29, 1.82) is 0 Å². The number of benzene rings is 2. The number of nitrogens with two attached hydrogens (primary N) is 1. The van der Waals surface area contributed by atoms with Gasteiger partial charge in [-0.05, 0) is 37.3 Å². The minimum absolute atomic E-state index is 0.220. The topological polar surface area (TPSA) is 67.2 Å². The Hall–Kier alpha value is -2.08. The number of nitrogens with one attached hydrogen (secondary N) is 2. The number of anilines is 2. The molecule has 0 aromatic heterocycles. The molecule has 6 heteroatoms. The number of halogens is 2. The molecule has 110 valence electrons. The molecule has 0 aliphatic heterocycles. The van der Waals surface area contributed by atoms with Crippen LogP contribution in [-0.4, -0.2) is 6.03 Å². The summed E-state index contributed by atoms with van der Waals surface area (Å²) in [7, 11) is 0. The van der Waals surface area contributed by atoms with Gasteiger partial charge in [0, 0.05) is 21.4 Å². The zero-order valence-electron chi connectivity index (χ0n) is 11.4. The lowest BCUT2D eigenvalue weighted by atomic mass is 10.1. The van der Waals surface area contributed by atoms with Gasteiger partial charge in [-0.15, -0.1) is 0 Å². The molecule has 4 N–H and O–H groups in total. The molecule has 0 saturated heterocycles. The van der Waals surface area contributed by atoms with Crippen molar-refractivity contribution < 1.29 is 9.18 Å². The largest absolute Gasteiger partial charge is 0.378 e. The van der Waals surface area contributed by atoms with Crippen molar-refractivity contribution in [1.82, 2.24) is 0 Å². The average Bonchev–Trinajstić information content (AvgIpc) is 2.37. The van der Waals surface area contributed by atoms with Gasteiger partial charge in [0.15, 0.2) is 0 Å². The minimum atomic E-state index is -0.626. The number of primary amides is 1. The molecule has 21 heavy (non-hydrogen) atoms. The molecule has 0 spiro atoms. The van der Waals surface area contributed by atoms with Crippen LogP contribution in [0.2, 0.25) is 0 Å². The summed E-state index contributed by atoms with van der Waals surface area (Å²) < 4.78 is 14.6. The second kappa shape index (κ2) is 6.58. The highest BCUT2D eigenvalue weighted by atomic mass is 79.9. The fourth-order valence-electron chi connectivity index (χ4n) is 2.01. The standard InChI is InChI=1S/C15H15BrFN3O/c1-9(13-6-5-10(16)7-14(13)17)19-11-3-2-4-12(8-11)20-15(18)21/h2-9,19H,1H3,(H3,18,20,21). The van der Waals surface area contributed by atoms with E-state index in [1.54, 1.807) is 30.3 Å². The Bertz CT molecular complexity index is 663. The lowest BCUT2D eigenvalue weighted by Crippen LogP contribution is -2.19. The Morgan fingerprint density at radius 2 is 1.95 bits per heavy atom. The third-order valence-electron chi connectivity index (χ3n) is 2.94. The van der Waals surface area contributed by atoms with Crippen LogP contribution in [0.1, 0.15) is 18.5 Å². The van der Waals surface area contributed by atoms with E-state index in [2.05, 4.69) is 26.6 Å². The molecule has 0 aliphatic carbocycles. The summed E-state index contributed by atoms with van der Waals surface area (Å²) in [6.07, 6.45) is 0. The molecule has 0 radical (unpaired) electrons. The van der Waals surface area contributed by atoms with Crippen LogP contribution in [0.25, 0.3) is 0 Å². The molecule has 1 unspecified atom stereocenters. The van der Waals surface area contributed by atoms with E-state index in [0.29, 0.717) is 15.7 Å². The van der Waals surface area contributed by atoms with E-state index < -0.39 is 6.03 Å². The van der Waals surface area contributed by atoms with Crippen LogP contribution in [0.4, 0.5) is 20.6 Å². The van der Waals surface area contributed by atoms with Crippen molar-refractivity contribution in [2.45, 2.75) is 13.0 Å². The van der Waals surface area contributed by atoms with Crippen LogP contribution < -0.4 is 16.4 Å². The molecule has 0 fully saturated rings. The smallest absolute Gasteiger partial charge is 0.316 e. The normalized spacial score (nSPS) is 11.8. The molecular weight excluding hydrogens is 337 g/mol. The number of urea groups is 1. The van der Waals surface area contributed by atoms with Gasteiger partial charge in [0.1, 0.15) is 5.82 Å². The van der Waals surface area contributed by atoms with Gasteiger partial charge in [0.2, 0.25) is 0 Å². The number of hydrogen-bond donors (Lipinski definition) is 3. The predicted molar refractivity (Wildman–Crippen MR) is 85.8 cm³/mol. The van der Waals surface area contributed by atoms with Crippen LogP contribution in [0.15, 0.2) is 46.9 Å². The van der Waals surface area contributed by atoms with Crippen molar-refractivity contribution in [2.24, 2.45) is 5.73 Å². The molecule has 2 rings (SSSR count). The van der Waals surface area contributed by atoms with Crippen molar-refractivity contribution >= 4 is 33.3 Å². The maximum atomic E-state index is 13.9. The fraction of sp³-hybridized carbons (Fsp3) is 0.133. The van der Waals surface area contributed by atoms with Gasteiger partial charge in [-0.25, -0.2) is 9.18 Å². The van der Waals surface area contributed by atoms with E-state index in [1.165, 1.54) is 6.07 Å². The molecule has 0 saturated carbocycles. The Kier molecular flexibility index (Phi) is 4.80. The van der Waals surface area contributed by atoms with Gasteiger partial charge in [-0.1, -0.05) is 28.1 Å². The number of amides is 2. The summed E-state index contributed by atoms with van der Waals surface area (Å²) in [5, 5.41) is 5.68. The van der Waals surface area contributed by atoms with E-state index in [1.807, 2.05) is 13.0 Å². The summed E-state index contributed by atoms with van der Waals surface area (Å²) in [4.78, 5) is 10.8. The second-order valence-electron chi connectivity index (χ2n) is 4.60. The lowest BCUT2D eigenvalue weighted by molar-refractivity contribution is 0.259. The van der Waals surface area contributed by atoms with Gasteiger partial charge in [-0.2, -0.15) is 0 Å². The molecule has 1 atom stereocenters. The number of carbonyl (C=O) groups is 1. The maximum absolute atomic E-state index is 13.9. The minimum Gasteiger partial charge on any atom is -0.378 e. The predicted octanol–water partition coefficient (Wildman–Crippen LogP) is 4.25. The van der Waals surface area contributed by atoms with Crippen molar-refractivity contribution in [2.75, 3.05) is 10.6 Å². The molecule has 2 aromatic carbocycles. The Balaban J connectivity index is 2.15. The lowest BCUT2D eigenvalue weighted by Gasteiger charge is -2.17. The first-order valence-electron chi connectivity index (χ1n) is 6.33. The first-order chi connectivity index (χ1) is 9.95. The highest BCUT2D eigenvalue weighted by Gasteiger charge is 2.11. The quantitative estimate of drug-likeness (QED) is 0.770. The molecule has 0 aliphatic rings. The fourth-order valence-corrected chi connectivity index (χ4v) is 2.34. The van der Waals surface area contributed by atoms with E-state index in [9.17, 15) is 9.18 Å². The third-order valence-corrected chi connectivity index (χ3v) is 3.44. The number of rotatable bonds is 4. The van der Waals surface area contributed by atoms with Gasteiger partial charge in [-0.3, -0.25) is 0 Å². The van der Waals surface area contributed by atoms with Crippen molar-refractivity contribution in [3.8, 4) is 0 Å². The summed E-state index contributed by atoms with van der Waals surface area (Å²) in [5.41, 5.74) is 6.98. The van der Waals surface area contributed by atoms with Crippen molar-refractivity contribution in [3.05, 3.63) is 58.3 Å². The number of carbonyl (C=O) groups excluding carboxylic acids is 1. The molecule has 2 amide bonds. The van der Waals surface area contributed by atoms with Crippen LogP contribution in [0.5, 0.6) is 0 Å². The van der Waals surface area contributed by atoms with Crippen LogP contribution in [-0.2, 0) is 0 Å². The van der Waals surface area contributed by atoms with Gasteiger partial charge >= 0.3 is 6.03 Å². The molecule has 0 heterocycles. The first-order valence-corrected chi connectivity index (χ1v) is 7.13. The Morgan fingerprint density at radius 3 is 2.62 bits per heavy atom. The Labute approximate surface area is 130 Å². The van der Waals surface area contributed by atoms with Gasteiger partial charge < -0.3 is 16.4 Å². The van der Waals surface area contributed by atoms with E-state index in [0.717, 1.165) is 5.69 Å². The SMILES string of the molecule is CC(Nc1cccc(NC(N)=O)c1)c1ccc(Br)cc1F. The second-order valence-corrected chi connectivity index (χ2v) is 5.52.